The maximum atomic E-state index is 6.14. The van der Waals surface area contributed by atoms with Crippen LogP contribution in [-0.4, -0.2) is 46.3 Å². The molecule has 0 aromatic carbocycles. The topological polar surface area (TPSA) is 68.3 Å². The van der Waals surface area contributed by atoms with Gasteiger partial charge in [0.15, 0.2) is 0 Å². The first-order valence-electron chi connectivity index (χ1n) is 14.1. The lowest BCUT2D eigenvalue weighted by Crippen LogP contribution is -2.44. The fourth-order valence-corrected chi connectivity index (χ4v) is 4.06. The van der Waals surface area contributed by atoms with Crippen LogP contribution in [0, 0.1) is 0 Å². The monoisotopic (exact) mass is 526 g/mol. The van der Waals surface area contributed by atoms with E-state index < -0.39 is 0 Å². The molecule has 0 saturated heterocycles. The van der Waals surface area contributed by atoms with E-state index in [2.05, 4.69) is 128 Å². The number of hydrogen-bond acceptors (Lipinski definition) is 6. The first-order valence-corrected chi connectivity index (χ1v) is 14.1. The van der Waals surface area contributed by atoms with Gasteiger partial charge in [0.05, 0.1) is 0 Å². The van der Waals surface area contributed by atoms with E-state index in [0.717, 1.165) is 25.9 Å². The van der Waals surface area contributed by atoms with Crippen LogP contribution in [0.5, 0.6) is 11.8 Å². The number of nitrogens with one attached hydrogen (secondary N) is 2. The zero-order valence-corrected chi connectivity index (χ0v) is 26.2. The second kappa shape index (κ2) is 12.8. The quantitative estimate of drug-likeness (QED) is 0.298. The summed E-state index contributed by atoms with van der Waals surface area (Å²) in [7, 11) is 0. The van der Waals surface area contributed by atoms with Gasteiger partial charge < -0.3 is 20.1 Å². The fraction of sp³-hybridized carbons (Fsp3) is 0.688. The number of pyridine rings is 2. The van der Waals surface area contributed by atoms with Gasteiger partial charge in [-0.3, -0.25) is 0 Å². The Hall–Kier alpha value is -2.18. The summed E-state index contributed by atoms with van der Waals surface area (Å²) in [5, 5.41) is 7.21. The van der Waals surface area contributed by atoms with Crippen LogP contribution >= 0.6 is 0 Å². The average molecular weight is 527 g/mol. The predicted molar refractivity (Wildman–Crippen MR) is 159 cm³/mol. The van der Waals surface area contributed by atoms with Crippen molar-refractivity contribution >= 4 is 0 Å². The van der Waals surface area contributed by atoms with Crippen LogP contribution in [0.15, 0.2) is 36.7 Å². The van der Waals surface area contributed by atoms with Crippen LogP contribution < -0.4 is 20.1 Å². The van der Waals surface area contributed by atoms with Crippen molar-refractivity contribution in [3.05, 3.63) is 47.8 Å². The zero-order valence-electron chi connectivity index (χ0n) is 26.2. The van der Waals surface area contributed by atoms with E-state index in [-0.39, 0.29) is 34.1 Å². The molecule has 2 aromatic rings. The van der Waals surface area contributed by atoms with E-state index in [1.54, 1.807) is 0 Å². The van der Waals surface area contributed by atoms with Crippen LogP contribution in [-0.2, 0) is 10.8 Å². The SMILES string of the molecule is C[C@H](CNC(C)(C)CCC(C)(C)c1ccnc(O[C@@H](C)CNC(C)(C)C)c1)Oc1cc(C(C)(C)C)ccn1. The first-order chi connectivity index (χ1) is 17.4. The number of hydrogen-bond donors (Lipinski definition) is 2. The maximum Gasteiger partial charge on any atom is 0.213 e. The Morgan fingerprint density at radius 3 is 1.66 bits per heavy atom. The standard InChI is InChI=1S/C32H54N4O2/c1-23(21-35-30(6,7)8)37-28-20-26(14-18-34-28)31(9,10)15-16-32(11,12)36-22-24(2)38-27-19-25(13-17-33-27)29(3,4)5/h13-14,17-20,23-24,35-36H,15-16,21-22H2,1-12H3/t23-,24+/m0/s1. The zero-order chi connectivity index (χ0) is 28.8. The van der Waals surface area contributed by atoms with Crippen LogP contribution in [0.25, 0.3) is 0 Å². The van der Waals surface area contributed by atoms with Gasteiger partial charge in [0.25, 0.3) is 0 Å². The van der Waals surface area contributed by atoms with Gasteiger partial charge >= 0.3 is 0 Å². The molecule has 0 spiro atoms. The number of rotatable bonds is 13. The molecule has 2 atom stereocenters. The van der Waals surface area contributed by atoms with Crippen molar-refractivity contribution in [2.45, 2.75) is 130 Å². The molecule has 0 fully saturated rings. The molecule has 2 N–H and O–H groups in total. The van der Waals surface area contributed by atoms with Gasteiger partial charge in [-0.2, -0.15) is 0 Å². The molecular formula is C32H54N4O2. The van der Waals surface area contributed by atoms with Gasteiger partial charge in [0, 0.05) is 48.7 Å². The van der Waals surface area contributed by atoms with Gasteiger partial charge in [-0.1, -0.05) is 34.6 Å². The molecule has 2 rings (SSSR count). The molecular weight excluding hydrogens is 472 g/mol. The van der Waals surface area contributed by atoms with E-state index in [1.807, 2.05) is 12.4 Å². The summed E-state index contributed by atoms with van der Waals surface area (Å²) in [5.74, 6) is 1.37. The molecule has 0 aliphatic heterocycles. The average Bonchev–Trinajstić information content (AvgIpc) is 2.80. The Balaban J connectivity index is 1.90. The lowest BCUT2D eigenvalue weighted by atomic mass is 9.78. The molecule has 0 aliphatic rings. The summed E-state index contributed by atoms with van der Waals surface area (Å²) < 4.78 is 12.3. The summed E-state index contributed by atoms with van der Waals surface area (Å²) in [6.07, 6.45) is 5.80. The van der Waals surface area contributed by atoms with E-state index >= 15 is 0 Å². The van der Waals surface area contributed by atoms with E-state index in [0.29, 0.717) is 11.8 Å². The Kier molecular flexibility index (Phi) is 10.8. The molecule has 0 amide bonds. The Morgan fingerprint density at radius 2 is 1.16 bits per heavy atom. The Morgan fingerprint density at radius 1 is 0.684 bits per heavy atom. The molecule has 0 bridgehead atoms. The van der Waals surface area contributed by atoms with Gasteiger partial charge in [0.1, 0.15) is 12.2 Å². The van der Waals surface area contributed by atoms with E-state index in [1.165, 1.54) is 11.1 Å². The summed E-state index contributed by atoms with van der Waals surface area (Å²) in [4.78, 5) is 8.88. The minimum atomic E-state index is -0.0327. The van der Waals surface area contributed by atoms with Gasteiger partial charge in [-0.15, -0.1) is 0 Å². The van der Waals surface area contributed by atoms with Gasteiger partial charge in [0.2, 0.25) is 11.8 Å². The largest absolute Gasteiger partial charge is 0.473 e. The highest BCUT2D eigenvalue weighted by Crippen LogP contribution is 2.32. The molecule has 2 heterocycles. The van der Waals surface area contributed by atoms with Crippen LogP contribution in [0.2, 0.25) is 0 Å². The van der Waals surface area contributed by atoms with Crippen LogP contribution in [0.1, 0.15) is 107 Å². The van der Waals surface area contributed by atoms with E-state index in [4.69, 9.17) is 9.47 Å². The van der Waals surface area contributed by atoms with Crippen molar-refractivity contribution in [3.63, 3.8) is 0 Å². The summed E-state index contributed by atoms with van der Waals surface area (Å²) in [6, 6.07) is 8.32. The molecule has 0 unspecified atom stereocenters. The normalized spacial score (nSPS) is 14.7. The molecule has 214 valence electrons. The van der Waals surface area contributed by atoms with Crippen molar-refractivity contribution in [1.82, 2.24) is 20.6 Å². The highest BCUT2D eigenvalue weighted by molar-refractivity contribution is 5.28. The van der Waals surface area contributed by atoms with Crippen molar-refractivity contribution in [2.75, 3.05) is 13.1 Å². The molecule has 0 saturated carbocycles. The molecule has 0 radical (unpaired) electrons. The van der Waals surface area contributed by atoms with Crippen molar-refractivity contribution in [2.24, 2.45) is 0 Å². The Labute approximate surface area is 232 Å². The minimum absolute atomic E-state index is 0.00761. The van der Waals surface area contributed by atoms with Crippen molar-refractivity contribution in [3.8, 4) is 11.8 Å². The molecule has 38 heavy (non-hydrogen) atoms. The van der Waals surface area contributed by atoms with Crippen molar-refractivity contribution in [1.29, 1.82) is 0 Å². The molecule has 6 heteroatoms. The molecule has 6 nitrogen and oxygen atoms in total. The molecule has 2 aromatic heterocycles. The third kappa shape index (κ3) is 11.3. The van der Waals surface area contributed by atoms with Gasteiger partial charge in [-0.25, -0.2) is 9.97 Å². The third-order valence-corrected chi connectivity index (χ3v) is 6.92. The summed E-state index contributed by atoms with van der Waals surface area (Å²) in [6.45, 7) is 27.9. The highest BCUT2D eigenvalue weighted by Gasteiger charge is 2.27. The van der Waals surface area contributed by atoms with Crippen LogP contribution in [0.4, 0.5) is 0 Å². The minimum Gasteiger partial charge on any atom is -0.473 e. The smallest absolute Gasteiger partial charge is 0.213 e. The lowest BCUT2D eigenvalue weighted by molar-refractivity contribution is 0.187. The number of ether oxygens (including phenoxy) is 2. The second-order valence-electron chi connectivity index (χ2n) is 14.2. The Bertz CT molecular complexity index is 1010. The van der Waals surface area contributed by atoms with Gasteiger partial charge in [-0.05, 0) is 95.4 Å². The van der Waals surface area contributed by atoms with Crippen molar-refractivity contribution < 1.29 is 9.47 Å². The predicted octanol–water partition coefficient (Wildman–Crippen LogP) is 6.82. The highest BCUT2D eigenvalue weighted by atomic mass is 16.5. The molecule has 0 aliphatic carbocycles. The fourth-order valence-electron chi connectivity index (χ4n) is 4.06. The lowest BCUT2D eigenvalue weighted by Gasteiger charge is -2.33. The summed E-state index contributed by atoms with van der Waals surface area (Å²) >= 11 is 0. The first kappa shape index (κ1) is 32.0. The maximum absolute atomic E-state index is 6.14. The number of aromatic nitrogens is 2. The van der Waals surface area contributed by atoms with E-state index in [9.17, 15) is 0 Å². The number of nitrogens with zero attached hydrogens (tertiary/aromatic N) is 2. The third-order valence-electron chi connectivity index (χ3n) is 6.92. The second-order valence-corrected chi connectivity index (χ2v) is 14.2. The van der Waals surface area contributed by atoms with Crippen LogP contribution in [0.3, 0.4) is 0 Å². The summed E-state index contributed by atoms with van der Waals surface area (Å²) in [5.41, 5.74) is 2.57.